The van der Waals surface area contributed by atoms with Crippen LogP contribution in [0.2, 0.25) is 0 Å². The zero-order chi connectivity index (χ0) is 48.2. The van der Waals surface area contributed by atoms with Gasteiger partial charge in [0.2, 0.25) is 0 Å². The van der Waals surface area contributed by atoms with Crippen LogP contribution in [0.4, 0.5) is 0 Å². The number of benzene rings is 1. The molecule has 6 fully saturated rings. The molecule has 3 heterocycles. The van der Waals surface area contributed by atoms with Crippen LogP contribution in [0.25, 0.3) is 0 Å². The lowest BCUT2D eigenvalue weighted by Gasteiger charge is -2.63. The minimum Gasteiger partial charge on any atom is -0.463 e. The quantitative estimate of drug-likeness (QED) is 0.168. The number of aliphatic hydroxyl groups excluding tert-OH is 2. The van der Waals surface area contributed by atoms with Gasteiger partial charge >= 0.3 is 11.9 Å². The third kappa shape index (κ3) is 9.41. The second-order valence-corrected chi connectivity index (χ2v) is 20.9. The van der Waals surface area contributed by atoms with E-state index in [-0.39, 0.29) is 41.3 Å². The Hall–Kier alpha value is -2.58. The zero-order valence-electron chi connectivity index (χ0n) is 40.9. The number of carbonyl (C=O) groups is 2. The smallest absolute Gasteiger partial charge is 0.338 e. The van der Waals surface area contributed by atoms with Crippen LogP contribution in [0.5, 0.6) is 0 Å². The molecule has 0 radical (unpaired) electrons. The average molecular weight is 945 g/mol. The van der Waals surface area contributed by atoms with Gasteiger partial charge in [-0.2, -0.15) is 0 Å². The molecule has 0 unspecified atom stereocenters. The molecule has 16 heteroatoms. The Morgan fingerprint density at radius 3 is 2.03 bits per heavy atom. The minimum absolute atomic E-state index is 0.0433. The summed E-state index contributed by atoms with van der Waals surface area (Å²) < 4.78 is 68.0. The van der Waals surface area contributed by atoms with E-state index >= 15 is 0 Å². The molecule has 16 nitrogen and oxygen atoms in total. The van der Waals surface area contributed by atoms with Crippen LogP contribution >= 0.6 is 0 Å². The summed E-state index contributed by atoms with van der Waals surface area (Å²) in [5, 5.41) is 34.5. The Bertz CT molecular complexity index is 1900. The zero-order valence-corrected chi connectivity index (χ0v) is 40.9. The molecule has 3 N–H and O–H groups in total. The number of aliphatic hydroxyl groups is 3. The normalized spacial score (nSPS) is 46.9. The van der Waals surface area contributed by atoms with Gasteiger partial charge in [0.15, 0.2) is 18.9 Å². The first-order valence-corrected chi connectivity index (χ1v) is 24.6. The van der Waals surface area contributed by atoms with Crippen molar-refractivity contribution in [2.75, 3.05) is 21.3 Å². The maximum atomic E-state index is 13.8. The van der Waals surface area contributed by atoms with E-state index < -0.39 is 103 Å². The van der Waals surface area contributed by atoms with E-state index in [0.29, 0.717) is 50.5 Å². The topological polar surface area (TPSA) is 196 Å². The predicted octanol–water partition coefficient (Wildman–Crippen LogP) is 5.40. The first-order chi connectivity index (χ1) is 31.9. The Morgan fingerprint density at radius 1 is 0.761 bits per heavy atom. The molecule has 376 valence electrons. The number of hydrogen-bond donors (Lipinski definition) is 3. The highest BCUT2D eigenvalue weighted by Crippen LogP contribution is 2.69. The van der Waals surface area contributed by atoms with E-state index in [1.807, 2.05) is 39.0 Å². The molecule has 3 saturated carbocycles. The number of methoxy groups -OCH3 is 3. The summed E-state index contributed by atoms with van der Waals surface area (Å²) >= 11 is 0. The number of rotatable bonds is 13. The van der Waals surface area contributed by atoms with Crippen molar-refractivity contribution >= 4 is 11.9 Å². The van der Waals surface area contributed by atoms with Crippen molar-refractivity contribution in [2.45, 2.75) is 210 Å². The lowest BCUT2D eigenvalue weighted by atomic mass is 9.44. The standard InChI is InChI=1S/C51H76O16/c1-26(60-30(5)52)34-19-21-51(56)35-17-16-32-22-33(18-20-49(32,6)36(35)23-39(50(34,51)7)65-47(55)31-14-12-11-13-15-31)64-40-24-37(57-8)44(28(3)61-40)66-41-25-38(58-9)45(29(4)62-41)67-48-43(54)46(59-10)42(53)27(2)63-48/h11-16,26-29,33-46,48,53-54,56H,17-25H2,1-10H3/t26-,27-,28-,29-,33+,34-,35-,36+,37+,38+,39-,40+,41+,42-,43-,44-,45-,46+,48+,49+,50+,51+/m1/s1. The molecule has 1 aromatic carbocycles. The number of carbonyl (C=O) groups excluding carboxylic acids is 2. The van der Waals surface area contributed by atoms with Crippen LogP contribution in [0.3, 0.4) is 0 Å². The predicted molar refractivity (Wildman–Crippen MR) is 240 cm³/mol. The van der Waals surface area contributed by atoms with E-state index in [9.17, 15) is 24.9 Å². The number of fused-ring (bicyclic) bond motifs is 5. The van der Waals surface area contributed by atoms with Gasteiger partial charge in [-0.1, -0.05) is 43.7 Å². The third-order valence-corrected chi connectivity index (χ3v) is 17.4. The van der Waals surface area contributed by atoms with Crippen molar-refractivity contribution in [1.29, 1.82) is 0 Å². The Morgan fingerprint density at radius 2 is 1.40 bits per heavy atom. The number of allylic oxidation sites excluding steroid dienone is 1. The van der Waals surface area contributed by atoms with E-state index in [1.54, 1.807) is 33.3 Å². The van der Waals surface area contributed by atoms with Gasteiger partial charge in [-0.15, -0.1) is 0 Å². The monoisotopic (exact) mass is 945 g/mol. The van der Waals surface area contributed by atoms with Crippen LogP contribution in [0.1, 0.15) is 117 Å². The number of hydrogen-bond acceptors (Lipinski definition) is 16. The van der Waals surface area contributed by atoms with Crippen LogP contribution in [-0.2, 0) is 56.9 Å². The second kappa shape index (κ2) is 20.3. The molecule has 7 aliphatic rings. The lowest BCUT2D eigenvalue weighted by molar-refractivity contribution is -0.352. The first kappa shape index (κ1) is 50.8. The van der Waals surface area contributed by atoms with Crippen LogP contribution < -0.4 is 0 Å². The Balaban J connectivity index is 0.913. The second-order valence-electron chi connectivity index (χ2n) is 20.9. The highest BCUT2D eigenvalue weighted by Gasteiger charge is 2.72. The van der Waals surface area contributed by atoms with Gasteiger partial charge in [-0.25, -0.2) is 4.79 Å². The van der Waals surface area contributed by atoms with Gasteiger partial charge in [-0.05, 0) is 102 Å². The van der Waals surface area contributed by atoms with Gasteiger partial charge in [-0.3, -0.25) is 4.79 Å². The molecule has 8 rings (SSSR count). The largest absolute Gasteiger partial charge is 0.463 e. The summed E-state index contributed by atoms with van der Waals surface area (Å²) in [6.07, 6.45) is -2.10. The van der Waals surface area contributed by atoms with E-state index in [0.717, 1.165) is 12.8 Å². The van der Waals surface area contributed by atoms with Crippen LogP contribution in [-0.4, -0.2) is 152 Å². The van der Waals surface area contributed by atoms with Crippen molar-refractivity contribution in [3.63, 3.8) is 0 Å². The van der Waals surface area contributed by atoms with Crippen molar-refractivity contribution < 1.29 is 77.0 Å². The fourth-order valence-electron chi connectivity index (χ4n) is 13.7. The highest BCUT2D eigenvalue weighted by atomic mass is 16.8. The molecule has 0 spiro atoms. The average Bonchev–Trinajstić information content (AvgIpc) is 3.59. The molecule has 3 saturated heterocycles. The molecule has 0 amide bonds. The number of ether oxygens (including phenoxy) is 11. The van der Waals surface area contributed by atoms with Gasteiger partial charge in [0.05, 0.1) is 47.8 Å². The van der Waals surface area contributed by atoms with Crippen molar-refractivity contribution in [1.82, 2.24) is 0 Å². The van der Waals surface area contributed by atoms with E-state index in [1.165, 1.54) is 19.6 Å². The van der Waals surface area contributed by atoms with Gasteiger partial charge in [0.1, 0.15) is 42.7 Å². The fraction of sp³-hybridized carbons (Fsp3) is 0.804. The Kier molecular flexibility index (Phi) is 15.4. The molecule has 67 heavy (non-hydrogen) atoms. The number of esters is 2. The molecule has 3 aliphatic heterocycles. The lowest BCUT2D eigenvalue weighted by Crippen LogP contribution is -2.67. The fourth-order valence-corrected chi connectivity index (χ4v) is 13.7. The van der Waals surface area contributed by atoms with Crippen LogP contribution in [0, 0.1) is 28.6 Å². The molecular weight excluding hydrogens is 869 g/mol. The summed E-state index contributed by atoms with van der Waals surface area (Å²) in [6.45, 7) is 13.2. The van der Waals surface area contributed by atoms with Crippen molar-refractivity contribution in [3.05, 3.63) is 47.5 Å². The van der Waals surface area contributed by atoms with Crippen molar-refractivity contribution in [3.8, 4) is 0 Å². The van der Waals surface area contributed by atoms with E-state index in [4.69, 9.17) is 52.1 Å². The molecule has 0 bridgehead atoms. The molecule has 1 aromatic rings. The molecule has 22 atom stereocenters. The summed E-state index contributed by atoms with van der Waals surface area (Å²) in [4.78, 5) is 26.0. The minimum atomic E-state index is -1.22. The molecule has 4 aliphatic carbocycles. The molecular formula is C51H76O16. The van der Waals surface area contributed by atoms with Crippen molar-refractivity contribution in [2.24, 2.45) is 28.6 Å². The highest BCUT2D eigenvalue weighted by molar-refractivity contribution is 5.89. The Labute approximate surface area is 395 Å². The maximum absolute atomic E-state index is 13.8. The van der Waals surface area contributed by atoms with Crippen LogP contribution in [0.15, 0.2) is 42.0 Å². The van der Waals surface area contributed by atoms with Gasteiger partial charge < -0.3 is 67.4 Å². The van der Waals surface area contributed by atoms with Gasteiger partial charge in [0.25, 0.3) is 0 Å². The summed E-state index contributed by atoms with van der Waals surface area (Å²) in [6, 6.07) is 9.00. The summed E-state index contributed by atoms with van der Waals surface area (Å²) in [5.41, 5.74) is -0.495. The summed E-state index contributed by atoms with van der Waals surface area (Å²) in [7, 11) is 4.68. The molecule has 0 aromatic heterocycles. The SMILES string of the molecule is CO[C@@H]1[C@@H](O)[C@H](O[C@H]2[C@@H](OC)C[C@H](O[C@H]3[C@@H](OC)C[C@H](O[C@H]4CC[C@@]5(C)C(=CC[C@@H]6[C@@H]5C[C@@H](OC(=O)c5ccccc5)[C@]5(C)[C@@H]([C@@H](C)OC(C)=O)CC[C@]65O)C4)O[C@@H]3C)O[C@@H]2C)O[C@H](C)[C@H]1O. The third-order valence-electron chi connectivity index (χ3n) is 17.4. The first-order valence-electron chi connectivity index (χ1n) is 24.6. The maximum Gasteiger partial charge on any atom is 0.338 e. The van der Waals surface area contributed by atoms with Gasteiger partial charge in [0, 0.05) is 52.4 Å². The summed E-state index contributed by atoms with van der Waals surface area (Å²) in [5.74, 6) is -1.01. The van der Waals surface area contributed by atoms with E-state index in [2.05, 4.69) is 19.9 Å².